The molecule has 0 aromatic heterocycles. The first-order chi connectivity index (χ1) is 9.08. The van der Waals surface area contributed by atoms with Gasteiger partial charge in [0.15, 0.2) is 0 Å². The van der Waals surface area contributed by atoms with Crippen LogP contribution < -0.4 is 5.32 Å². The molecule has 1 aromatic rings. The summed E-state index contributed by atoms with van der Waals surface area (Å²) in [6.07, 6.45) is 0.928. The Hall–Kier alpha value is -0.550. The molecule has 1 saturated heterocycles. The molecular weight excluding hydrogens is 314 g/mol. The van der Waals surface area contributed by atoms with E-state index in [2.05, 4.69) is 24.1 Å². The zero-order valence-electron chi connectivity index (χ0n) is 12.5. The summed E-state index contributed by atoms with van der Waals surface area (Å²) in [5.74, 6) is 0.421. The monoisotopic (exact) mass is 338 g/mol. The van der Waals surface area contributed by atoms with Crippen LogP contribution in [0.4, 0.5) is 4.39 Å². The standard InChI is InChI=1S/C15H23FN2O.2ClH/c1-11(2)9-14(18-7-5-17-6-8-18)13-10-12(16)3-4-15(13)19;;/h3-4,10-11,14,17,19H,5-9H2,1-2H3;2*1H/t14-;;/m1../s1. The maximum Gasteiger partial charge on any atom is 0.123 e. The van der Waals surface area contributed by atoms with E-state index in [1.54, 1.807) is 0 Å². The van der Waals surface area contributed by atoms with E-state index >= 15 is 0 Å². The van der Waals surface area contributed by atoms with Crippen molar-refractivity contribution in [1.29, 1.82) is 0 Å². The molecule has 122 valence electrons. The molecule has 0 amide bonds. The second-order valence-corrected chi connectivity index (χ2v) is 5.63. The molecule has 0 aliphatic carbocycles. The number of phenolic OH excluding ortho intramolecular Hbond substituents is 1. The van der Waals surface area contributed by atoms with Crippen LogP contribution in [0.1, 0.15) is 31.9 Å². The average molecular weight is 339 g/mol. The molecule has 1 fully saturated rings. The van der Waals surface area contributed by atoms with Gasteiger partial charge in [0.25, 0.3) is 0 Å². The molecule has 2 N–H and O–H groups in total. The fraction of sp³-hybridized carbons (Fsp3) is 0.600. The number of hydrogen-bond donors (Lipinski definition) is 2. The topological polar surface area (TPSA) is 35.5 Å². The minimum Gasteiger partial charge on any atom is -0.508 e. The van der Waals surface area contributed by atoms with Crippen LogP contribution in [0.2, 0.25) is 0 Å². The van der Waals surface area contributed by atoms with Gasteiger partial charge in [-0.25, -0.2) is 4.39 Å². The average Bonchev–Trinajstić information content (AvgIpc) is 2.40. The Morgan fingerprint density at radius 3 is 2.43 bits per heavy atom. The van der Waals surface area contributed by atoms with Crippen LogP contribution in [-0.2, 0) is 0 Å². The molecule has 1 aliphatic heterocycles. The summed E-state index contributed by atoms with van der Waals surface area (Å²) in [5, 5.41) is 13.4. The lowest BCUT2D eigenvalue weighted by Crippen LogP contribution is -2.45. The van der Waals surface area contributed by atoms with Crippen molar-refractivity contribution in [3.05, 3.63) is 29.6 Å². The van der Waals surface area contributed by atoms with Crippen molar-refractivity contribution in [3.8, 4) is 5.75 Å². The molecule has 1 aromatic carbocycles. The quantitative estimate of drug-likeness (QED) is 0.883. The Balaban J connectivity index is 0.00000200. The Morgan fingerprint density at radius 2 is 1.86 bits per heavy atom. The van der Waals surface area contributed by atoms with Crippen molar-refractivity contribution >= 4 is 24.8 Å². The normalized spacial score (nSPS) is 17.0. The predicted molar refractivity (Wildman–Crippen MR) is 89.2 cm³/mol. The number of rotatable bonds is 4. The molecule has 3 nitrogen and oxygen atoms in total. The third-order valence-corrected chi connectivity index (χ3v) is 3.64. The van der Waals surface area contributed by atoms with Crippen LogP contribution in [0.25, 0.3) is 0 Å². The number of benzene rings is 1. The number of hydrogen-bond acceptors (Lipinski definition) is 3. The van der Waals surface area contributed by atoms with E-state index in [0.717, 1.165) is 38.2 Å². The van der Waals surface area contributed by atoms with Crippen LogP contribution >= 0.6 is 24.8 Å². The third kappa shape index (κ3) is 5.62. The van der Waals surface area contributed by atoms with Crippen molar-refractivity contribution in [2.75, 3.05) is 26.2 Å². The second-order valence-electron chi connectivity index (χ2n) is 5.63. The second kappa shape index (κ2) is 9.46. The minimum atomic E-state index is -0.281. The lowest BCUT2D eigenvalue weighted by atomic mass is 9.94. The lowest BCUT2D eigenvalue weighted by Gasteiger charge is -2.36. The van der Waals surface area contributed by atoms with E-state index in [4.69, 9.17) is 0 Å². The summed E-state index contributed by atoms with van der Waals surface area (Å²) in [5.41, 5.74) is 0.718. The van der Waals surface area contributed by atoms with Crippen LogP contribution in [0.3, 0.4) is 0 Å². The first-order valence-corrected chi connectivity index (χ1v) is 7.01. The predicted octanol–water partition coefficient (Wildman–Crippen LogP) is 3.37. The molecule has 0 bridgehead atoms. The fourth-order valence-electron chi connectivity index (χ4n) is 2.71. The molecular formula is C15H25Cl2FN2O. The van der Waals surface area contributed by atoms with E-state index in [-0.39, 0.29) is 42.4 Å². The molecule has 0 spiro atoms. The summed E-state index contributed by atoms with van der Waals surface area (Å²) in [4.78, 5) is 2.34. The number of aromatic hydroxyl groups is 1. The van der Waals surface area contributed by atoms with E-state index < -0.39 is 0 Å². The van der Waals surface area contributed by atoms with Crippen LogP contribution in [-0.4, -0.2) is 36.2 Å². The molecule has 1 atom stereocenters. The van der Waals surface area contributed by atoms with Gasteiger partial charge in [0.2, 0.25) is 0 Å². The van der Waals surface area contributed by atoms with Gasteiger partial charge < -0.3 is 10.4 Å². The largest absolute Gasteiger partial charge is 0.508 e. The summed E-state index contributed by atoms with van der Waals surface area (Å²) in [6.45, 7) is 8.09. The maximum atomic E-state index is 13.5. The van der Waals surface area contributed by atoms with Crippen molar-refractivity contribution in [2.45, 2.75) is 26.3 Å². The summed E-state index contributed by atoms with van der Waals surface area (Å²) < 4.78 is 13.5. The van der Waals surface area contributed by atoms with Gasteiger partial charge in [0.1, 0.15) is 11.6 Å². The van der Waals surface area contributed by atoms with Crippen LogP contribution in [0.15, 0.2) is 18.2 Å². The molecule has 1 heterocycles. The van der Waals surface area contributed by atoms with Crippen molar-refractivity contribution in [2.24, 2.45) is 5.92 Å². The molecule has 0 saturated carbocycles. The van der Waals surface area contributed by atoms with E-state index in [1.807, 2.05) is 0 Å². The van der Waals surface area contributed by atoms with Gasteiger partial charge in [-0.15, -0.1) is 24.8 Å². The lowest BCUT2D eigenvalue weighted by molar-refractivity contribution is 0.151. The molecule has 0 unspecified atom stereocenters. The van der Waals surface area contributed by atoms with Crippen molar-refractivity contribution < 1.29 is 9.50 Å². The first kappa shape index (κ1) is 20.5. The highest BCUT2D eigenvalue weighted by molar-refractivity contribution is 5.85. The first-order valence-electron chi connectivity index (χ1n) is 7.01. The highest BCUT2D eigenvalue weighted by Crippen LogP contribution is 2.34. The van der Waals surface area contributed by atoms with Gasteiger partial charge in [-0.2, -0.15) is 0 Å². The Kier molecular flexibility index (Phi) is 9.22. The zero-order valence-corrected chi connectivity index (χ0v) is 14.1. The summed E-state index contributed by atoms with van der Waals surface area (Å²) in [7, 11) is 0. The van der Waals surface area contributed by atoms with E-state index in [9.17, 15) is 9.50 Å². The van der Waals surface area contributed by atoms with Gasteiger partial charge in [-0.1, -0.05) is 13.8 Å². The molecule has 21 heavy (non-hydrogen) atoms. The van der Waals surface area contributed by atoms with Crippen LogP contribution in [0, 0.1) is 11.7 Å². The van der Waals surface area contributed by atoms with Gasteiger partial charge in [-0.05, 0) is 30.5 Å². The maximum absolute atomic E-state index is 13.5. The van der Waals surface area contributed by atoms with Gasteiger partial charge in [0.05, 0.1) is 0 Å². The SMILES string of the molecule is CC(C)C[C@H](c1cc(F)ccc1O)N1CCNCC1.Cl.Cl. The highest BCUT2D eigenvalue weighted by Gasteiger charge is 2.25. The molecule has 6 heteroatoms. The number of nitrogens with one attached hydrogen (secondary N) is 1. The van der Waals surface area contributed by atoms with E-state index in [0.29, 0.717) is 5.92 Å². The summed E-state index contributed by atoms with van der Waals surface area (Å²) in [6, 6.07) is 4.34. The Bertz CT molecular complexity index is 426. The minimum absolute atomic E-state index is 0. The molecule has 1 aliphatic rings. The van der Waals surface area contributed by atoms with Gasteiger partial charge in [-0.3, -0.25) is 4.90 Å². The Morgan fingerprint density at radius 1 is 1.24 bits per heavy atom. The molecule has 0 radical (unpaired) electrons. The molecule has 2 rings (SSSR count). The fourth-order valence-corrected chi connectivity index (χ4v) is 2.71. The van der Waals surface area contributed by atoms with Gasteiger partial charge in [0, 0.05) is 37.8 Å². The number of piperazine rings is 1. The highest BCUT2D eigenvalue weighted by atomic mass is 35.5. The van der Waals surface area contributed by atoms with Crippen LogP contribution in [0.5, 0.6) is 5.75 Å². The Labute approximate surface area is 138 Å². The van der Waals surface area contributed by atoms with Gasteiger partial charge >= 0.3 is 0 Å². The summed E-state index contributed by atoms with van der Waals surface area (Å²) >= 11 is 0. The smallest absolute Gasteiger partial charge is 0.123 e. The van der Waals surface area contributed by atoms with Crippen molar-refractivity contribution in [1.82, 2.24) is 10.2 Å². The number of nitrogens with zero attached hydrogens (tertiary/aromatic N) is 1. The zero-order chi connectivity index (χ0) is 13.8. The third-order valence-electron chi connectivity index (χ3n) is 3.64. The van der Waals surface area contributed by atoms with Crippen molar-refractivity contribution in [3.63, 3.8) is 0 Å². The number of phenols is 1. The number of halogens is 3. The van der Waals surface area contributed by atoms with E-state index in [1.165, 1.54) is 18.2 Å².